The molecule has 0 aliphatic rings. The molecule has 11 heavy (non-hydrogen) atoms. The number of carbonyl (C=O) groups excluding carboxylic acids is 1. The predicted molar refractivity (Wildman–Crippen MR) is 52.2 cm³/mol. The van der Waals surface area contributed by atoms with Gasteiger partial charge in [0.25, 0.3) is 0 Å². The van der Waals surface area contributed by atoms with Crippen molar-refractivity contribution >= 4 is 28.6 Å². The second-order valence-electron chi connectivity index (χ2n) is 2.19. The van der Waals surface area contributed by atoms with Crippen LogP contribution in [0.4, 0.5) is 0 Å². The van der Waals surface area contributed by atoms with Gasteiger partial charge in [-0.2, -0.15) is 0 Å². The molecular formula is C8H11IO2. The van der Waals surface area contributed by atoms with E-state index in [1.165, 1.54) is 0 Å². The molecule has 62 valence electrons. The molecule has 0 N–H and O–H groups in total. The Labute approximate surface area is 80.8 Å². The van der Waals surface area contributed by atoms with Crippen LogP contribution in [0, 0.1) is 15.8 Å². The molecule has 0 saturated carbocycles. The first-order valence-corrected chi connectivity index (χ1v) is 4.55. The fraction of sp³-hybridized carbons (Fsp3) is 0.625. The van der Waals surface area contributed by atoms with Crippen molar-refractivity contribution in [1.82, 2.24) is 0 Å². The lowest BCUT2D eigenvalue weighted by Gasteiger charge is -2.05. The smallest absolute Gasteiger partial charge is 0.309 e. The summed E-state index contributed by atoms with van der Waals surface area (Å²) in [6, 6.07) is 0. The summed E-state index contributed by atoms with van der Waals surface area (Å²) < 4.78 is 7.44. The molecule has 0 aliphatic carbocycles. The normalized spacial score (nSPS) is 11.2. The Morgan fingerprint density at radius 1 is 1.73 bits per heavy atom. The van der Waals surface area contributed by atoms with Gasteiger partial charge in [0.05, 0.1) is 5.92 Å². The van der Waals surface area contributed by atoms with Crippen molar-refractivity contribution in [1.29, 1.82) is 0 Å². The Bertz CT molecular complexity index is 178. The van der Waals surface area contributed by atoms with E-state index in [-0.39, 0.29) is 18.5 Å². The van der Waals surface area contributed by atoms with Crippen molar-refractivity contribution < 1.29 is 9.53 Å². The largest absolute Gasteiger partial charge is 0.452 e. The zero-order valence-corrected chi connectivity index (χ0v) is 8.84. The molecule has 0 aliphatic heterocycles. The summed E-state index contributed by atoms with van der Waals surface area (Å²) in [6.07, 6.45) is 0.816. The fourth-order valence-electron chi connectivity index (χ4n) is 0.443. The molecule has 0 aromatic carbocycles. The SMILES string of the molecule is CCC(C)C(=O)OCC#CI. The Kier molecular flexibility index (Phi) is 6.33. The average Bonchev–Trinajstić information content (AvgIpc) is 2.03. The maximum atomic E-state index is 11.0. The topological polar surface area (TPSA) is 26.3 Å². The van der Waals surface area contributed by atoms with Crippen LogP contribution in [-0.4, -0.2) is 12.6 Å². The van der Waals surface area contributed by atoms with Crippen molar-refractivity contribution in [2.45, 2.75) is 20.3 Å². The lowest BCUT2D eigenvalue weighted by atomic mass is 10.1. The van der Waals surface area contributed by atoms with Gasteiger partial charge in [-0.3, -0.25) is 4.79 Å². The summed E-state index contributed by atoms with van der Waals surface area (Å²) in [6.45, 7) is 4.02. The number of ether oxygens (including phenoxy) is 1. The molecule has 1 unspecified atom stereocenters. The fourth-order valence-corrected chi connectivity index (χ4v) is 0.599. The maximum absolute atomic E-state index is 11.0. The number of esters is 1. The summed E-state index contributed by atoms with van der Waals surface area (Å²) in [5.74, 6) is 2.48. The number of rotatable bonds is 3. The number of hydrogen-bond donors (Lipinski definition) is 0. The van der Waals surface area contributed by atoms with Gasteiger partial charge in [-0.25, -0.2) is 0 Å². The van der Waals surface area contributed by atoms with Gasteiger partial charge >= 0.3 is 5.97 Å². The Hall–Kier alpha value is -0.240. The van der Waals surface area contributed by atoms with Crippen LogP contribution in [0.1, 0.15) is 20.3 Å². The van der Waals surface area contributed by atoms with E-state index in [9.17, 15) is 4.79 Å². The van der Waals surface area contributed by atoms with Crippen LogP contribution in [0.5, 0.6) is 0 Å². The molecule has 0 fully saturated rings. The molecule has 0 bridgehead atoms. The first-order valence-electron chi connectivity index (χ1n) is 3.47. The summed E-state index contributed by atoms with van der Waals surface area (Å²) >= 11 is 1.91. The first-order chi connectivity index (χ1) is 5.22. The minimum Gasteiger partial charge on any atom is -0.452 e. The molecule has 0 rings (SSSR count). The molecule has 2 nitrogen and oxygen atoms in total. The van der Waals surface area contributed by atoms with E-state index in [0.29, 0.717) is 0 Å². The van der Waals surface area contributed by atoms with Crippen LogP contribution in [0.25, 0.3) is 0 Å². The molecule has 0 heterocycles. The van der Waals surface area contributed by atoms with E-state index in [1.54, 1.807) is 0 Å². The van der Waals surface area contributed by atoms with E-state index in [0.717, 1.165) is 6.42 Å². The lowest BCUT2D eigenvalue weighted by molar-refractivity contribution is -0.146. The molecule has 1 atom stereocenters. The van der Waals surface area contributed by atoms with Gasteiger partial charge in [0.15, 0.2) is 6.61 Å². The summed E-state index contributed by atoms with van der Waals surface area (Å²) in [5.41, 5.74) is 0. The molecule has 0 spiro atoms. The summed E-state index contributed by atoms with van der Waals surface area (Å²) in [5, 5.41) is 0. The van der Waals surface area contributed by atoms with Gasteiger partial charge < -0.3 is 4.74 Å². The highest BCUT2D eigenvalue weighted by Gasteiger charge is 2.10. The third kappa shape index (κ3) is 5.08. The van der Waals surface area contributed by atoms with E-state index >= 15 is 0 Å². The number of halogens is 1. The Balaban J connectivity index is 3.57. The standard InChI is InChI=1S/C8H11IO2/c1-3-7(2)8(10)11-6-4-5-9/h7H,3,6H2,1-2H3. The van der Waals surface area contributed by atoms with Crippen molar-refractivity contribution in [2.75, 3.05) is 6.61 Å². The average molecular weight is 266 g/mol. The van der Waals surface area contributed by atoms with Crippen LogP contribution in [0.2, 0.25) is 0 Å². The zero-order chi connectivity index (χ0) is 8.69. The summed E-state index contributed by atoms with van der Waals surface area (Å²) in [7, 11) is 0. The van der Waals surface area contributed by atoms with Crippen molar-refractivity contribution in [3.63, 3.8) is 0 Å². The minimum absolute atomic E-state index is 0.00832. The Morgan fingerprint density at radius 3 is 2.82 bits per heavy atom. The predicted octanol–water partition coefficient (Wildman–Crippen LogP) is 1.97. The van der Waals surface area contributed by atoms with Gasteiger partial charge in [-0.05, 0) is 10.3 Å². The second kappa shape index (κ2) is 6.47. The molecule has 0 saturated heterocycles. The van der Waals surface area contributed by atoms with E-state index in [1.807, 2.05) is 36.4 Å². The molecule has 0 aromatic rings. The van der Waals surface area contributed by atoms with Crippen molar-refractivity contribution in [3.8, 4) is 9.85 Å². The minimum atomic E-state index is -0.161. The van der Waals surface area contributed by atoms with Crippen molar-refractivity contribution in [3.05, 3.63) is 0 Å². The summed E-state index contributed by atoms with van der Waals surface area (Å²) in [4.78, 5) is 11.0. The van der Waals surface area contributed by atoms with E-state index in [2.05, 4.69) is 9.85 Å². The highest BCUT2D eigenvalue weighted by molar-refractivity contribution is 14.1. The van der Waals surface area contributed by atoms with E-state index < -0.39 is 0 Å². The quantitative estimate of drug-likeness (QED) is 0.443. The van der Waals surface area contributed by atoms with Gasteiger partial charge in [0.2, 0.25) is 0 Å². The molecular weight excluding hydrogens is 255 g/mol. The highest BCUT2D eigenvalue weighted by atomic mass is 127. The van der Waals surface area contributed by atoms with Gasteiger partial charge in [0, 0.05) is 22.6 Å². The Morgan fingerprint density at radius 2 is 2.36 bits per heavy atom. The molecule has 0 radical (unpaired) electrons. The maximum Gasteiger partial charge on any atom is 0.309 e. The van der Waals surface area contributed by atoms with Crippen LogP contribution in [-0.2, 0) is 9.53 Å². The molecule has 3 heteroatoms. The van der Waals surface area contributed by atoms with Gasteiger partial charge in [-0.15, -0.1) is 0 Å². The van der Waals surface area contributed by atoms with E-state index in [4.69, 9.17) is 4.74 Å². The highest BCUT2D eigenvalue weighted by Crippen LogP contribution is 2.02. The van der Waals surface area contributed by atoms with Crippen LogP contribution >= 0.6 is 22.6 Å². The second-order valence-corrected chi connectivity index (χ2v) is 2.73. The number of hydrogen-bond acceptors (Lipinski definition) is 2. The third-order valence-electron chi connectivity index (χ3n) is 1.37. The first kappa shape index (κ1) is 10.8. The van der Waals surface area contributed by atoms with Crippen LogP contribution in [0.3, 0.4) is 0 Å². The molecule has 0 amide bonds. The lowest BCUT2D eigenvalue weighted by Crippen LogP contribution is -2.13. The van der Waals surface area contributed by atoms with Gasteiger partial charge in [0.1, 0.15) is 0 Å². The molecule has 0 aromatic heterocycles. The van der Waals surface area contributed by atoms with Crippen LogP contribution in [0.15, 0.2) is 0 Å². The van der Waals surface area contributed by atoms with Gasteiger partial charge in [-0.1, -0.05) is 19.8 Å². The van der Waals surface area contributed by atoms with Crippen LogP contribution < -0.4 is 0 Å². The monoisotopic (exact) mass is 266 g/mol. The third-order valence-corrected chi connectivity index (χ3v) is 1.75. The zero-order valence-electron chi connectivity index (χ0n) is 6.69. The number of carbonyl (C=O) groups is 1. The van der Waals surface area contributed by atoms with Crippen molar-refractivity contribution in [2.24, 2.45) is 5.92 Å².